The first-order valence-electron chi connectivity index (χ1n) is 8.91. The summed E-state index contributed by atoms with van der Waals surface area (Å²) in [6, 6.07) is 2.07. The summed E-state index contributed by atoms with van der Waals surface area (Å²) in [7, 11) is 1.75. The second-order valence-corrected chi connectivity index (χ2v) is 6.67. The van der Waals surface area contributed by atoms with Crippen molar-refractivity contribution in [3.8, 4) is 0 Å². The van der Waals surface area contributed by atoms with Gasteiger partial charge >= 0.3 is 0 Å². The molecule has 3 rings (SSSR count). The molecule has 0 bridgehead atoms. The summed E-state index contributed by atoms with van der Waals surface area (Å²) < 4.78 is 4.82. The molecule has 2 aliphatic rings. The molecule has 0 radical (unpaired) electrons. The molecule has 1 atom stereocenters. The van der Waals surface area contributed by atoms with Crippen molar-refractivity contribution in [3.63, 3.8) is 0 Å². The molecule has 2 heterocycles. The minimum absolute atomic E-state index is 0.251. The Morgan fingerprint density at radius 2 is 2.21 bits per heavy atom. The number of nitrogens with zero attached hydrogens (tertiary/aromatic N) is 3. The molecule has 1 aliphatic carbocycles. The van der Waals surface area contributed by atoms with Crippen LogP contribution in [0.2, 0.25) is 0 Å². The van der Waals surface area contributed by atoms with Gasteiger partial charge in [0.1, 0.15) is 12.0 Å². The fourth-order valence-electron chi connectivity index (χ4n) is 3.58. The van der Waals surface area contributed by atoms with Crippen molar-refractivity contribution in [3.05, 3.63) is 18.0 Å². The average molecular weight is 333 g/mol. The molecule has 132 valence electrons. The fraction of sp³-hybridized carbons (Fsp3) is 0.706. The van der Waals surface area contributed by atoms with Crippen LogP contribution < -0.4 is 10.6 Å². The third kappa shape index (κ3) is 4.27. The van der Waals surface area contributed by atoms with E-state index in [0.29, 0.717) is 12.5 Å². The lowest BCUT2D eigenvalue weighted by Crippen LogP contribution is -2.45. The molecule has 2 N–H and O–H groups in total. The number of guanidine groups is 1. The van der Waals surface area contributed by atoms with Gasteiger partial charge in [-0.25, -0.2) is 0 Å². The number of likely N-dealkylation sites (tertiary alicyclic amines) is 1. The summed E-state index contributed by atoms with van der Waals surface area (Å²) in [5.74, 6) is 1.33. The minimum atomic E-state index is 0.251. The molecule has 1 saturated heterocycles. The van der Waals surface area contributed by atoms with Crippen molar-refractivity contribution >= 4 is 11.9 Å². The van der Waals surface area contributed by atoms with E-state index in [-0.39, 0.29) is 12.0 Å². The lowest BCUT2D eigenvalue weighted by Gasteiger charge is -2.26. The van der Waals surface area contributed by atoms with E-state index in [1.807, 2.05) is 11.0 Å². The molecule has 0 spiro atoms. The van der Waals surface area contributed by atoms with E-state index >= 15 is 0 Å². The van der Waals surface area contributed by atoms with Crippen molar-refractivity contribution in [2.45, 2.75) is 51.1 Å². The van der Waals surface area contributed by atoms with E-state index in [0.717, 1.165) is 44.0 Å². The van der Waals surface area contributed by atoms with Gasteiger partial charge in [-0.3, -0.25) is 9.79 Å². The van der Waals surface area contributed by atoms with Crippen LogP contribution in [0.25, 0.3) is 0 Å². The van der Waals surface area contributed by atoms with Gasteiger partial charge in [-0.2, -0.15) is 0 Å². The largest absolute Gasteiger partial charge is 0.364 e. The highest BCUT2D eigenvalue weighted by Gasteiger charge is 2.31. The number of hydrogen-bond donors (Lipinski definition) is 2. The number of nitrogens with one attached hydrogen (secondary N) is 2. The topological polar surface area (TPSA) is 82.8 Å². The summed E-state index contributed by atoms with van der Waals surface area (Å²) in [6.07, 6.45) is 8.32. The van der Waals surface area contributed by atoms with Gasteiger partial charge in [-0.1, -0.05) is 24.4 Å². The summed E-state index contributed by atoms with van der Waals surface area (Å²) in [5, 5.41) is 10.5. The van der Waals surface area contributed by atoms with Crippen LogP contribution in [0.3, 0.4) is 0 Å². The molecule has 0 aromatic carbocycles. The molecular formula is C17H27N5O2. The summed E-state index contributed by atoms with van der Waals surface area (Å²) >= 11 is 0. The molecule has 7 heteroatoms. The van der Waals surface area contributed by atoms with Crippen LogP contribution in [0, 0.1) is 5.92 Å². The highest BCUT2D eigenvalue weighted by Crippen LogP contribution is 2.26. The number of hydrogen-bond acceptors (Lipinski definition) is 4. The highest BCUT2D eigenvalue weighted by molar-refractivity contribution is 5.81. The first-order valence-corrected chi connectivity index (χ1v) is 8.91. The first-order chi connectivity index (χ1) is 11.8. The molecule has 7 nitrogen and oxygen atoms in total. The van der Waals surface area contributed by atoms with Crippen LogP contribution in [-0.4, -0.2) is 48.1 Å². The van der Waals surface area contributed by atoms with Crippen LogP contribution >= 0.6 is 0 Å². The fourth-order valence-corrected chi connectivity index (χ4v) is 3.58. The molecule has 1 aromatic rings. The van der Waals surface area contributed by atoms with Gasteiger partial charge in [0.25, 0.3) is 0 Å². The predicted molar refractivity (Wildman–Crippen MR) is 91.4 cm³/mol. The number of aromatic nitrogens is 1. The van der Waals surface area contributed by atoms with E-state index in [1.165, 1.54) is 19.3 Å². The van der Waals surface area contributed by atoms with E-state index in [2.05, 4.69) is 20.8 Å². The van der Waals surface area contributed by atoms with Gasteiger partial charge in [0.2, 0.25) is 5.91 Å². The first kappa shape index (κ1) is 16.8. The summed E-state index contributed by atoms with van der Waals surface area (Å²) in [5.41, 5.74) is 0.832. The van der Waals surface area contributed by atoms with Gasteiger partial charge in [0.05, 0.1) is 6.54 Å². The van der Waals surface area contributed by atoms with Gasteiger partial charge < -0.3 is 20.1 Å². The summed E-state index contributed by atoms with van der Waals surface area (Å²) in [6.45, 7) is 2.17. The Kier molecular flexibility index (Phi) is 5.72. The number of rotatable bonds is 4. The second-order valence-electron chi connectivity index (χ2n) is 6.67. The van der Waals surface area contributed by atoms with E-state index < -0.39 is 0 Å². The molecule has 1 aromatic heterocycles. The third-order valence-electron chi connectivity index (χ3n) is 4.95. The van der Waals surface area contributed by atoms with E-state index in [9.17, 15) is 4.79 Å². The maximum atomic E-state index is 12.6. The number of amides is 1. The number of aliphatic imine (C=N–C) groups is 1. The number of carbonyl (C=O) groups is 1. The van der Waals surface area contributed by atoms with E-state index in [4.69, 9.17) is 4.52 Å². The maximum absolute atomic E-state index is 12.6. The Labute approximate surface area is 142 Å². The van der Waals surface area contributed by atoms with Crippen LogP contribution in [0.1, 0.15) is 44.2 Å². The van der Waals surface area contributed by atoms with Crippen LogP contribution in [0.5, 0.6) is 0 Å². The van der Waals surface area contributed by atoms with Crippen molar-refractivity contribution < 1.29 is 9.32 Å². The van der Waals surface area contributed by atoms with Crippen molar-refractivity contribution in [2.75, 3.05) is 20.1 Å². The monoisotopic (exact) mass is 333 g/mol. The lowest BCUT2D eigenvalue weighted by molar-refractivity contribution is -0.135. The van der Waals surface area contributed by atoms with E-state index in [1.54, 1.807) is 13.3 Å². The number of carbonyl (C=O) groups excluding carboxylic acids is 1. The van der Waals surface area contributed by atoms with Gasteiger partial charge in [0.15, 0.2) is 5.96 Å². The third-order valence-corrected chi connectivity index (χ3v) is 4.95. The standard InChI is InChI=1S/C17H27N5O2/c1-18-17(19-11-14-8-10-24-21-14)20-15-7-9-22(12-15)16(23)13-5-3-2-4-6-13/h8,10,13,15H,2-7,9,11-12H2,1H3,(H2,18,19,20). The smallest absolute Gasteiger partial charge is 0.225 e. The maximum Gasteiger partial charge on any atom is 0.225 e. The Balaban J connectivity index is 1.45. The van der Waals surface area contributed by atoms with Gasteiger partial charge in [-0.15, -0.1) is 0 Å². The quantitative estimate of drug-likeness (QED) is 0.645. The molecule has 1 amide bonds. The van der Waals surface area contributed by atoms with Crippen molar-refractivity contribution in [1.82, 2.24) is 20.7 Å². The summed E-state index contributed by atoms with van der Waals surface area (Å²) in [4.78, 5) is 18.9. The average Bonchev–Trinajstić information content (AvgIpc) is 3.30. The zero-order chi connectivity index (χ0) is 16.8. The Bertz CT molecular complexity index is 551. The van der Waals surface area contributed by atoms with Gasteiger partial charge in [-0.05, 0) is 19.3 Å². The Morgan fingerprint density at radius 1 is 1.38 bits per heavy atom. The Morgan fingerprint density at radius 3 is 2.92 bits per heavy atom. The molecule has 1 saturated carbocycles. The zero-order valence-corrected chi connectivity index (χ0v) is 14.3. The lowest BCUT2D eigenvalue weighted by atomic mass is 9.88. The molecule has 1 aliphatic heterocycles. The molecule has 1 unspecified atom stereocenters. The highest BCUT2D eigenvalue weighted by atomic mass is 16.5. The zero-order valence-electron chi connectivity index (χ0n) is 14.3. The normalized spacial score (nSPS) is 22.6. The van der Waals surface area contributed by atoms with Crippen LogP contribution in [0.15, 0.2) is 21.8 Å². The molecular weight excluding hydrogens is 306 g/mol. The van der Waals surface area contributed by atoms with Crippen molar-refractivity contribution in [1.29, 1.82) is 0 Å². The second kappa shape index (κ2) is 8.17. The predicted octanol–water partition coefficient (Wildman–Crippen LogP) is 1.52. The Hall–Kier alpha value is -2.05. The minimum Gasteiger partial charge on any atom is -0.364 e. The van der Waals surface area contributed by atoms with Crippen LogP contribution in [0.4, 0.5) is 0 Å². The molecule has 2 fully saturated rings. The SMILES string of the molecule is CN=C(NCc1ccon1)NC1CCN(C(=O)C2CCCCC2)C1. The molecule has 24 heavy (non-hydrogen) atoms. The van der Waals surface area contributed by atoms with Gasteiger partial charge in [0, 0.05) is 38.2 Å². The van der Waals surface area contributed by atoms with Crippen LogP contribution in [-0.2, 0) is 11.3 Å². The van der Waals surface area contributed by atoms with Crippen molar-refractivity contribution in [2.24, 2.45) is 10.9 Å².